The molecule has 1 N–H and O–H groups in total. The summed E-state index contributed by atoms with van der Waals surface area (Å²) in [5, 5.41) is -0.290. The minimum atomic E-state index is -4.94. The fraction of sp³-hybridized carbons (Fsp3) is 0.500. The molecule has 24 heavy (non-hydrogen) atoms. The lowest BCUT2D eigenvalue weighted by Crippen LogP contribution is -2.28. The predicted molar refractivity (Wildman–Crippen MR) is 73.1 cm³/mol. The van der Waals surface area contributed by atoms with Crippen LogP contribution in [0.15, 0.2) is 23.1 Å². The van der Waals surface area contributed by atoms with Gasteiger partial charge in [0.15, 0.2) is 0 Å². The van der Waals surface area contributed by atoms with Gasteiger partial charge in [-0.2, -0.15) is 26.3 Å². The van der Waals surface area contributed by atoms with Gasteiger partial charge < -0.3 is 4.74 Å². The molecule has 0 atom stereocenters. The second-order valence-electron chi connectivity index (χ2n) is 4.56. The van der Waals surface area contributed by atoms with Crippen LogP contribution in [0.1, 0.15) is 12.0 Å². The maximum atomic E-state index is 12.9. The lowest BCUT2D eigenvalue weighted by Gasteiger charge is -2.14. The van der Waals surface area contributed by atoms with Crippen LogP contribution >= 0.6 is 11.6 Å². The summed E-state index contributed by atoms with van der Waals surface area (Å²) in [6, 6.07) is 2.16. The highest BCUT2D eigenvalue weighted by atomic mass is 35.5. The lowest BCUT2D eigenvalue weighted by molar-refractivity contribution is -0.173. The Morgan fingerprint density at radius 2 is 1.75 bits per heavy atom. The molecule has 0 saturated carbocycles. The molecule has 138 valence electrons. The predicted octanol–water partition coefficient (Wildman–Crippen LogP) is 3.61. The van der Waals surface area contributed by atoms with Gasteiger partial charge in [0.25, 0.3) is 0 Å². The van der Waals surface area contributed by atoms with Gasteiger partial charge in [0, 0.05) is 18.2 Å². The molecule has 0 aliphatic heterocycles. The molecule has 0 heterocycles. The van der Waals surface area contributed by atoms with Crippen molar-refractivity contribution in [1.29, 1.82) is 0 Å². The van der Waals surface area contributed by atoms with Gasteiger partial charge in [-0.05, 0) is 24.6 Å². The zero-order valence-corrected chi connectivity index (χ0v) is 13.4. The first-order valence-corrected chi connectivity index (χ1v) is 8.20. The highest BCUT2D eigenvalue weighted by Crippen LogP contribution is 2.35. The lowest BCUT2D eigenvalue weighted by atomic mass is 10.2. The average molecular weight is 400 g/mol. The van der Waals surface area contributed by atoms with Crippen LogP contribution in [0.25, 0.3) is 0 Å². The van der Waals surface area contributed by atoms with Crippen LogP contribution in [-0.2, 0) is 20.9 Å². The molecule has 12 heteroatoms. The van der Waals surface area contributed by atoms with Crippen molar-refractivity contribution in [3.63, 3.8) is 0 Å². The van der Waals surface area contributed by atoms with Gasteiger partial charge in [-0.3, -0.25) is 0 Å². The summed E-state index contributed by atoms with van der Waals surface area (Å²) in [5.74, 6) is 0. The van der Waals surface area contributed by atoms with Crippen molar-refractivity contribution in [2.24, 2.45) is 0 Å². The molecule has 1 rings (SSSR count). The Bertz CT molecular complexity index is 660. The Balaban J connectivity index is 2.70. The number of sulfonamides is 1. The van der Waals surface area contributed by atoms with Gasteiger partial charge in [-0.25, -0.2) is 13.1 Å². The van der Waals surface area contributed by atoms with Crippen molar-refractivity contribution in [2.75, 3.05) is 19.8 Å². The molecule has 0 aliphatic rings. The fourth-order valence-electron chi connectivity index (χ4n) is 1.60. The first kappa shape index (κ1) is 21.0. The summed E-state index contributed by atoms with van der Waals surface area (Å²) >= 11 is 5.45. The van der Waals surface area contributed by atoms with Crippen molar-refractivity contribution in [2.45, 2.75) is 23.7 Å². The summed E-state index contributed by atoms with van der Waals surface area (Å²) in [7, 11) is -4.51. The van der Waals surface area contributed by atoms with Gasteiger partial charge in [0.2, 0.25) is 10.0 Å². The van der Waals surface area contributed by atoms with Crippen LogP contribution in [0.4, 0.5) is 26.3 Å². The number of hydrogen-bond donors (Lipinski definition) is 1. The highest BCUT2D eigenvalue weighted by Gasteiger charge is 2.37. The Hall–Kier alpha value is -1.04. The van der Waals surface area contributed by atoms with Crippen molar-refractivity contribution < 1.29 is 39.5 Å². The molecule has 0 spiro atoms. The molecular weight excluding hydrogens is 388 g/mol. The Kier molecular flexibility index (Phi) is 6.91. The molecule has 1 aromatic rings. The summed E-state index contributed by atoms with van der Waals surface area (Å²) in [4.78, 5) is -1.02. The topological polar surface area (TPSA) is 55.4 Å². The van der Waals surface area contributed by atoms with Gasteiger partial charge in [-0.1, -0.05) is 11.6 Å². The minimum absolute atomic E-state index is 0.149. The van der Waals surface area contributed by atoms with E-state index in [1.54, 1.807) is 0 Å². The van der Waals surface area contributed by atoms with Gasteiger partial charge in [0.1, 0.15) is 6.61 Å². The number of halogens is 7. The molecule has 0 saturated heterocycles. The smallest absolute Gasteiger partial charge is 0.372 e. The summed E-state index contributed by atoms with van der Waals surface area (Å²) in [6.07, 6.45) is -9.60. The van der Waals surface area contributed by atoms with E-state index in [1.807, 2.05) is 4.72 Å². The molecule has 0 unspecified atom stereocenters. The highest BCUT2D eigenvalue weighted by molar-refractivity contribution is 7.89. The van der Waals surface area contributed by atoms with E-state index in [0.717, 1.165) is 6.07 Å². The molecule has 0 radical (unpaired) electrons. The van der Waals surface area contributed by atoms with Crippen LogP contribution in [-0.4, -0.2) is 34.4 Å². The summed E-state index contributed by atoms with van der Waals surface area (Å²) < 4.78 is 104. The van der Waals surface area contributed by atoms with Crippen molar-refractivity contribution in [3.05, 3.63) is 28.8 Å². The monoisotopic (exact) mass is 399 g/mol. The van der Waals surface area contributed by atoms with Crippen LogP contribution in [0.3, 0.4) is 0 Å². The van der Waals surface area contributed by atoms with E-state index in [9.17, 15) is 34.8 Å². The SMILES string of the molecule is O=S(=O)(NCCCOCC(F)(F)F)c1ccc(Cl)cc1C(F)(F)F. The molecule has 0 amide bonds. The molecule has 0 bridgehead atoms. The maximum absolute atomic E-state index is 12.9. The van der Waals surface area contributed by atoms with Crippen LogP contribution in [0.2, 0.25) is 5.02 Å². The van der Waals surface area contributed by atoms with E-state index in [-0.39, 0.29) is 18.0 Å². The second-order valence-corrected chi connectivity index (χ2v) is 6.73. The first-order valence-electron chi connectivity index (χ1n) is 6.34. The summed E-state index contributed by atoms with van der Waals surface area (Å²) in [5.41, 5.74) is -1.43. The minimum Gasteiger partial charge on any atom is -0.372 e. The third-order valence-electron chi connectivity index (χ3n) is 2.56. The van der Waals surface area contributed by atoms with E-state index in [2.05, 4.69) is 4.74 Å². The van der Waals surface area contributed by atoms with Crippen molar-refractivity contribution in [3.8, 4) is 0 Å². The van der Waals surface area contributed by atoms with E-state index < -0.39 is 46.0 Å². The van der Waals surface area contributed by atoms with Crippen LogP contribution in [0.5, 0.6) is 0 Å². The third-order valence-corrected chi connectivity index (χ3v) is 4.31. The van der Waals surface area contributed by atoms with Gasteiger partial charge in [-0.15, -0.1) is 0 Å². The zero-order valence-electron chi connectivity index (χ0n) is 11.8. The van der Waals surface area contributed by atoms with Crippen LogP contribution in [0, 0.1) is 0 Å². The van der Waals surface area contributed by atoms with Crippen molar-refractivity contribution >= 4 is 21.6 Å². The quantitative estimate of drug-likeness (QED) is 0.563. The normalized spacial score (nSPS) is 13.3. The first-order chi connectivity index (χ1) is 10.8. The van der Waals surface area contributed by atoms with Gasteiger partial charge >= 0.3 is 12.4 Å². The molecule has 0 fully saturated rings. The van der Waals surface area contributed by atoms with E-state index in [1.165, 1.54) is 0 Å². The summed E-state index contributed by atoms with van der Waals surface area (Å²) in [6.45, 7) is -2.29. The van der Waals surface area contributed by atoms with Gasteiger partial charge in [0.05, 0.1) is 10.5 Å². The zero-order chi connectivity index (χ0) is 18.6. The largest absolute Gasteiger partial charge is 0.417 e. The molecule has 4 nitrogen and oxygen atoms in total. The molecule has 0 aromatic heterocycles. The second kappa shape index (κ2) is 7.89. The average Bonchev–Trinajstić information content (AvgIpc) is 2.40. The standard InChI is InChI=1S/C12H12ClF6NO3S/c13-8-2-3-10(9(6-8)12(17,18)19)24(21,22)20-4-1-5-23-7-11(14,15)16/h2-3,6,20H,1,4-5,7H2. The molecular formula is C12H12ClF6NO3S. The number of ether oxygens (including phenoxy) is 1. The van der Waals surface area contributed by atoms with E-state index in [4.69, 9.17) is 11.6 Å². The number of benzene rings is 1. The molecule has 0 aliphatic carbocycles. The third kappa shape index (κ3) is 6.83. The molecule has 1 aromatic carbocycles. The fourth-order valence-corrected chi connectivity index (χ4v) is 3.06. The Morgan fingerprint density at radius 1 is 1.12 bits per heavy atom. The Morgan fingerprint density at radius 3 is 2.29 bits per heavy atom. The van der Waals surface area contributed by atoms with Crippen molar-refractivity contribution in [1.82, 2.24) is 4.72 Å². The number of rotatable bonds is 7. The maximum Gasteiger partial charge on any atom is 0.417 e. The number of alkyl halides is 6. The number of nitrogens with one attached hydrogen (secondary N) is 1. The van der Waals surface area contributed by atoms with Crippen LogP contribution < -0.4 is 4.72 Å². The number of hydrogen-bond acceptors (Lipinski definition) is 3. The van der Waals surface area contributed by atoms with E-state index in [0.29, 0.717) is 12.1 Å². The Labute approximate surface area is 138 Å². The van der Waals surface area contributed by atoms with E-state index >= 15 is 0 Å².